The molecule has 0 heterocycles. The van der Waals surface area contributed by atoms with Gasteiger partial charge in [0.15, 0.2) is 4.05 Å². The molecule has 5 nitrogen and oxygen atoms in total. The summed E-state index contributed by atoms with van der Waals surface area (Å²) in [4.78, 5) is 14.4. The Morgan fingerprint density at radius 1 is 1.60 bits per heavy atom. The van der Waals surface area contributed by atoms with E-state index in [0.717, 1.165) is 0 Å². The Morgan fingerprint density at radius 2 is 2.10 bits per heavy atom. The lowest BCUT2D eigenvalue weighted by molar-refractivity contribution is -0.143. The second-order valence-corrected chi connectivity index (χ2v) is 3.54. The number of hydroxylamine groups is 1. The lowest BCUT2D eigenvalue weighted by Crippen LogP contribution is -2.32. The molecule has 0 aromatic rings. The van der Waals surface area contributed by atoms with Gasteiger partial charge in [0.1, 0.15) is 0 Å². The first-order chi connectivity index (χ1) is 4.54. The molecule has 0 aromatic heterocycles. The lowest BCUT2D eigenvalue weighted by atomic mass is 10.7. The normalized spacial score (nSPS) is 16.3. The van der Waals surface area contributed by atoms with Crippen molar-refractivity contribution in [1.82, 2.24) is 5.48 Å². The van der Waals surface area contributed by atoms with Crippen LogP contribution >= 0.6 is 45.2 Å². The molecule has 0 aromatic carbocycles. The van der Waals surface area contributed by atoms with E-state index in [-0.39, 0.29) is 0 Å². The summed E-state index contributed by atoms with van der Waals surface area (Å²) in [5.41, 5.74) is 2.11. The molecule has 0 aliphatic heterocycles. The lowest BCUT2D eigenvalue weighted by Gasteiger charge is -2.07. The highest BCUT2D eigenvalue weighted by molar-refractivity contribution is 14.1. The molecule has 0 unspecified atom stereocenters. The van der Waals surface area contributed by atoms with E-state index < -0.39 is 14.3 Å². The number of hydrogen-bond donors (Lipinski definition) is 3. The van der Waals surface area contributed by atoms with Gasteiger partial charge in [-0.1, -0.05) is 22.6 Å². The zero-order valence-electron chi connectivity index (χ0n) is 4.62. The van der Waals surface area contributed by atoms with Crippen molar-refractivity contribution < 1.29 is 19.8 Å². The van der Waals surface area contributed by atoms with Crippen molar-refractivity contribution in [2.75, 3.05) is 0 Å². The minimum absolute atomic E-state index is 0.845. The predicted octanol–water partition coefficient (Wildman–Crippen LogP) is 0.0642. The van der Waals surface area contributed by atoms with E-state index >= 15 is 0 Å². The van der Waals surface area contributed by atoms with Crippen LogP contribution in [0.5, 0.6) is 0 Å². The summed E-state index contributed by atoms with van der Waals surface area (Å²) >= 11 is 3.19. The summed E-state index contributed by atoms with van der Waals surface area (Å²) in [6.07, 6.45) is 0. The number of aliphatic hydroxyl groups is 1. The van der Waals surface area contributed by atoms with Gasteiger partial charge < -0.3 is 10.2 Å². The third-order valence-electron chi connectivity index (χ3n) is 0.486. The van der Waals surface area contributed by atoms with Crippen molar-refractivity contribution >= 4 is 51.2 Å². The number of carboxylic acids is 1. The van der Waals surface area contributed by atoms with Crippen LogP contribution in [0.3, 0.4) is 0 Å². The topological polar surface area (TPSA) is 78.8 Å². The third-order valence-corrected chi connectivity index (χ3v) is 1.53. The molecule has 0 saturated heterocycles. The fraction of sp³-hybridized carbons (Fsp3) is 0.667. The Hall–Kier alpha value is 0.810. The van der Waals surface area contributed by atoms with E-state index in [4.69, 9.17) is 10.2 Å². The molecule has 7 heteroatoms. The van der Waals surface area contributed by atoms with Crippen LogP contribution in [0.25, 0.3) is 0 Å². The number of halogens is 2. The zero-order valence-corrected chi connectivity index (χ0v) is 8.94. The fourth-order valence-electron chi connectivity index (χ4n) is 0.166. The quantitative estimate of drug-likeness (QED) is 0.214. The first kappa shape index (κ1) is 10.8. The van der Waals surface area contributed by atoms with Crippen molar-refractivity contribution in [3.8, 4) is 0 Å². The highest BCUT2D eigenvalue weighted by Crippen LogP contribution is 1.99. The van der Waals surface area contributed by atoms with Gasteiger partial charge in [0.2, 0.25) is 4.30 Å². The van der Waals surface area contributed by atoms with Gasteiger partial charge in [-0.2, -0.15) is 5.48 Å². The number of alkyl halides is 2. The van der Waals surface area contributed by atoms with Crippen LogP contribution in [0.1, 0.15) is 0 Å². The van der Waals surface area contributed by atoms with E-state index in [1.54, 1.807) is 45.2 Å². The van der Waals surface area contributed by atoms with Crippen molar-refractivity contribution in [3.05, 3.63) is 0 Å². The number of carboxylic acid groups (broad SMARTS) is 1. The number of nitrogens with one attached hydrogen (secondary N) is 1. The Morgan fingerprint density at radius 3 is 2.40 bits per heavy atom. The Kier molecular flexibility index (Phi) is 5.90. The average molecular weight is 373 g/mol. The van der Waals surface area contributed by atoms with Crippen LogP contribution < -0.4 is 5.48 Å². The summed E-state index contributed by atoms with van der Waals surface area (Å²) in [6, 6.07) is 0. The minimum atomic E-state index is -1.04. The Labute approximate surface area is 84.4 Å². The first-order valence-corrected chi connectivity index (χ1v) is 4.63. The number of aliphatic carboxylic acids is 1. The fourth-order valence-corrected chi connectivity index (χ4v) is 0.460. The molecule has 0 bridgehead atoms. The summed E-state index contributed by atoms with van der Waals surface area (Å²) in [5.74, 6) is -1.04. The molecule has 0 rings (SSSR count). The maximum absolute atomic E-state index is 10.1. The van der Waals surface area contributed by atoms with Crippen molar-refractivity contribution in [1.29, 1.82) is 0 Å². The molecular formula is C3H5I2NO4. The van der Waals surface area contributed by atoms with Crippen LogP contribution in [-0.4, -0.2) is 24.5 Å². The van der Waals surface area contributed by atoms with Crippen LogP contribution in [-0.2, 0) is 9.63 Å². The van der Waals surface area contributed by atoms with Gasteiger partial charge in [-0.3, -0.25) is 4.84 Å². The first-order valence-electron chi connectivity index (χ1n) is 2.14. The summed E-state index contributed by atoms with van der Waals surface area (Å²) in [7, 11) is 0. The van der Waals surface area contributed by atoms with Gasteiger partial charge in [0.25, 0.3) is 0 Å². The molecule has 3 N–H and O–H groups in total. The van der Waals surface area contributed by atoms with Crippen LogP contribution in [0.2, 0.25) is 0 Å². The highest BCUT2D eigenvalue weighted by atomic mass is 127. The highest BCUT2D eigenvalue weighted by Gasteiger charge is 2.12. The van der Waals surface area contributed by atoms with Gasteiger partial charge in [-0.15, -0.1) is 0 Å². The van der Waals surface area contributed by atoms with Gasteiger partial charge in [0.05, 0.1) is 0 Å². The maximum atomic E-state index is 10.1. The van der Waals surface area contributed by atoms with Gasteiger partial charge in [0, 0.05) is 0 Å². The van der Waals surface area contributed by atoms with Crippen LogP contribution in [0, 0.1) is 0 Å². The van der Waals surface area contributed by atoms with E-state index in [0.29, 0.717) is 0 Å². The van der Waals surface area contributed by atoms with Crippen LogP contribution in [0.4, 0.5) is 0 Å². The van der Waals surface area contributed by atoms with E-state index in [2.05, 4.69) is 10.3 Å². The van der Waals surface area contributed by atoms with Gasteiger partial charge >= 0.3 is 5.97 Å². The molecule has 0 aliphatic rings. The smallest absolute Gasteiger partial charge is 0.333 e. The predicted molar refractivity (Wildman–Crippen MR) is 49.7 cm³/mol. The van der Waals surface area contributed by atoms with Crippen LogP contribution in [0.15, 0.2) is 0 Å². The van der Waals surface area contributed by atoms with Gasteiger partial charge in [-0.25, -0.2) is 4.79 Å². The standard InChI is InChI=1S/C3H5I2NO4/c4-1(2(7)8)6-10-3(5)9/h1,3,6,9H,(H,7,8)/t1-,3-/m1/s1. The number of rotatable bonds is 4. The number of hydrogen-bond acceptors (Lipinski definition) is 4. The Bertz CT molecular complexity index is 119. The molecule has 60 valence electrons. The molecular weight excluding hydrogens is 368 g/mol. The summed E-state index contributed by atoms with van der Waals surface area (Å²) < 4.78 is -1.88. The summed E-state index contributed by atoms with van der Waals surface area (Å²) in [6.45, 7) is 0. The van der Waals surface area contributed by atoms with E-state index in [1.165, 1.54) is 0 Å². The number of carbonyl (C=O) groups is 1. The average Bonchev–Trinajstić information content (AvgIpc) is 1.82. The molecule has 0 aliphatic carbocycles. The molecule has 0 spiro atoms. The zero-order chi connectivity index (χ0) is 8.15. The second-order valence-electron chi connectivity index (χ2n) is 1.23. The van der Waals surface area contributed by atoms with Gasteiger partial charge in [-0.05, 0) is 22.6 Å². The molecule has 0 saturated carbocycles. The second kappa shape index (κ2) is 5.46. The number of aliphatic hydroxyl groups excluding tert-OH is 1. The molecule has 0 amide bonds. The van der Waals surface area contributed by atoms with Crippen molar-refractivity contribution in [2.24, 2.45) is 0 Å². The molecule has 0 radical (unpaired) electrons. The maximum Gasteiger partial charge on any atom is 0.333 e. The molecule has 0 fully saturated rings. The largest absolute Gasteiger partial charge is 0.479 e. The Balaban J connectivity index is 3.40. The molecule has 10 heavy (non-hydrogen) atoms. The monoisotopic (exact) mass is 373 g/mol. The van der Waals surface area contributed by atoms with E-state index in [1.807, 2.05) is 0 Å². The SMILES string of the molecule is O=C(O)[C@H](I)NO[C@@H](O)I. The van der Waals surface area contributed by atoms with Crippen molar-refractivity contribution in [2.45, 2.75) is 8.35 Å². The minimum Gasteiger partial charge on any atom is -0.479 e. The van der Waals surface area contributed by atoms with Crippen molar-refractivity contribution in [3.63, 3.8) is 0 Å². The molecule has 2 atom stereocenters. The third kappa shape index (κ3) is 5.58. The van der Waals surface area contributed by atoms with E-state index in [9.17, 15) is 4.79 Å². The summed E-state index contributed by atoms with van der Waals surface area (Å²) in [5, 5.41) is 16.7.